The van der Waals surface area contributed by atoms with Crippen LogP contribution >= 0.6 is 11.6 Å². The van der Waals surface area contributed by atoms with E-state index in [1.54, 1.807) is 10.9 Å². The molecule has 0 aromatic carbocycles. The van der Waals surface area contributed by atoms with Crippen molar-refractivity contribution < 1.29 is 4.79 Å². The number of hydrogen-bond acceptors (Lipinski definition) is 2. The molecule has 1 heterocycles. The van der Waals surface area contributed by atoms with Crippen LogP contribution in [0.1, 0.15) is 41.7 Å². The molecule has 2 rings (SSSR count). The van der Waals surface area contributed by atoms with Crippen LogP contribution in [0.3, 0.4) is 0 Å². The zero-order valence-electron chi connectivity index (χ0n) is 11.0. The number of alkyl halides is 1. The topological polar surface area (TPSA) is 38.1 Å². The summed E-state index contributed by atoms with van der Waals surface area (Å²) in [5.41, 5.74) is 1.62. The Morgan fingerprint density at radius 2 is 2.22 bits per heavy atom. The van der Waals surface area contributed by atoms with Crippen LogP contribution < -0.4 is 0 Å². The molecule has 1 amide bonds. The maximum Gasteiger partial charge on any atom is 0.257 e. The first-order chi connectivity index (χ1) is 8.65. The van der Waals surface area contributed by atoms with Gasteiger partial charge in [0.1, 0.15) is 0 Å². The van der Waals surface area contributed by atoms with E-state index in [-0.39, 0.29) is 5.91 Å². The molecule has 0 unspecified atom stereocenters. The van der Waals surface area contributed by atoms with Gasteiger partial charge in [0.25, 0.3) is 5.91 Å². The van der Waals surface area contributed by atoms with Crippen LogP contribution in [0.25, 0.3) is 0 Å². The molecule has 5 heteroatoms. The Balaban J connectivity index is 2.19. The minimum absolute atomic E-state index is 0.0770. The number of amides is 1. The lowest BCUT2D eigenvalue weighted by Crippen LogP contribution is -2.40. The Hall–Kier alpha value is -1.03. The van der Waals surface area contributed by atoms with E-state index in [9.17, 15) is 4.79 Å². The van der Waals surface area contributed by atoms with Gasteiger partial charge in [-0.05, 0) is 19.8 Å². The summed E-state index contributed by atoms with van der Waals surface area (Å²) in [6.45, 7) is 2.55. The van der Waals surface area contributed by atoms with Crippen molar-refractivity contribution in [2.45, 2.75) is 38.6 Å². The molecule has 0 atom stereocenters. The number of carbonyl (C=O) groups excluding carboxylic acids is 1. The summed E-state index contributed by atoms with van der Waals surface area (Å²) >= 11 is 5.84. The highest BCUT2D eigenvalue weighted by Gasteiger charge is 2.28. The van der Waals surface area contributed by atoms with E-state index in [1.165, 1.54) is 12.8 Å². The van der Waals surface area contributed by atoms with Gasteiger partial charge in [0.15, 0.2) is 0 Å². The van der Waals surface area contributed by atoms with Gasteiger partial charge in [0, 0.05) is 31.2 Å². The second-order valence-electron chi connectivity index (χ2n) is 4.89. The van der Waals surface area contributed by atoms with Gasteiger partial charge in [0.05, 0.1) is 11.8 Å². The molecule has 0 radical (unpaired) electrons. The zero-order chi connectivity index (χ0) is 13.1. The lowest BCUT2D eigenvalue weighted by Gasteiger charge is -2.28. The summed E-state index contributed by atoms with van der Waals surface area (Å²) in [5, 5.41) is 4.14. The Bertz CT molecular complexity index is 424. The molecular formula is C13H20ClN3O. The van der Waals surface area contributed by atoms with Crippen molar-refractivity contribution in [3.8, 4) is 0 Å². The summed E-state index contributed by atoms with van der Waals surface area (Å²) in [5.74, 6) is 0.565. The zero-order valence-corrected chi connectivity index (χ0v) is 11.8. The predicted octanol–water partition coefficient (Wildman–Crippen LogP) is 2.35. The molecule has 1 fully saturated rings. The third-order valence-electron chi connectivity index (χ3n) is 3.82. The summed E-state index contributed by atoms with van der Waals surface area (Å²) < 4.78 is 1.74. The molecule has 1 aromatic heterocycles. The van der Waals surface area contributed by atoms with E-state index in [4.69, 9.17) is 11.6 Å². The summed E-state index contributed by atoms with van der Waals surface area (Å²) in [6.07, 6.45) is 6.28. The van der Waals surface area contributed by atoms with Crippen LogP contribution in [-0.2, 0) is 7.05 Å². The van der Waals surface area contributed by atoms with Crippen molar-refractivity contribution in [3.63, 3.8) is 0 Å². The molecule has 1 aliphatic rings. The standard InChI is InChI=1S/C13H20ClN3O/c1-10-12(9-15-16(10)2)13(18)17(8-7-14)11-5-3-4-6-11/h9,11H,3-8H2,1-2H3. The molecule has 1 aliphatic carbocycles. The van der Waals surface area contributed by atoms with Crippen molar-refractivity contribution in [2.24, 2.45) is 7.05 Å². The maximum absolute atomic E-state index is 12.6. The normalized spacial score (nSPS) is 16.2. The SMILES string of the molecule is Cc1c(C(=O)N(CCCl)C2CCCC2)cnn1C. The van der Waals surface area contributed by atoms with Gasteiger partial charge in [-0.3, -0.25) is 9.48 Å². The average molecular weight is 270 g/mol. The fourth-order valence-corrected chi connectivity index (χ4v) is 2.80. The van der Waals surface area contributed by atoms with Crippen LogP contribution in [-0.4, -0.2) is 39.1 Å². The molecule has 0 bridgehead atoms. The van der Waals surface area contributed by atoms with E-state index in [0.29, 0.717) is 24.0 Å². The number of nitrogens with zero attached hydrogens (tertiary/aromatic N) is 3. The molecule has 18 heavy (non-hydrogen) atoms. The van der Waals surface area contributed by atoms with Crippen LogP contribution in [0.4, 0.5) is 0 Å². The minimum atomic E-state index is 0.0770. The van der Waals surface area contributed by atoms with Gasteiger partial charge in [-0.1, -0.05) is 12.8 Å². The molecule has 1 aromatic rings. The Morgan fingerprint density at radius 3 is 2.72 bits per heavy atom. The number of aromatic nitrogens is 2. The van der Waals surface area contributed by atoms with E-state index in [2.05, 4.69) is 5.10 Å². The van der Waals surface area contributed by atoms with Crippen LogP contribution in [0.15, 0.2) is 6.20 Å². The molecule has 100 valence electrons. The smallest absolute Gasteiger partial charge is 0.257 e. The summed E-state index contributed by atoms with van der Waals surface area (Å²) in [7, 11) is 1.85. The highest BCUT2D eigenvalue weighted by molar-refractivity contribution is 6.18. The fraction of sp³-hybridized carbons (Fsp3) is 0.692. The predicted molar refractivity (Wildman–Crippen MR) is 72.0 cm³/mol. The Morgan fingerprint density at radius 1 is 1.56 bits per heavy atom. The number of rotatable bonds is 4. The van der Waals surface area contributed by atoms with Crippen molar-refractivity contribution in [1.29, 1.82) is 0 Å². The average Bonchev–Trinajstić information content (AvgIpc) is 2.98. The number of halogens is 1. The monoisotopic (exact) mass is 269 g/mol. The van der Waals surface area contributed by atoms with Crippen molar-refractivity contribution >= 4 is 17.5 Å². The first-order valence-electron chi connectivity index (χ1n) is 6.50. The minimum Gasteiger partial charge on any atom is -0.334 e. The van der Waals surface area contributed by atoms with Gasteiger partial charge in [0.2, 0.25) is 0 Å². The lowest BCUT2D eigenvalue weighted by molar-refractivity contribution is 0.0694. The molecule has 0 spiro atoms. The highest BCUT2D eigenvalue weighted by Crippen LogP contribution is 2.25. The van der Waals surface area contributed by atoms with Gasteiger partial charge in [-0.25, -0.2) is 0 Å². The molecule has 4 nitrogen and oxygen atoms in total. The molecule has 0 aliphatic heterocycles. The third-order valence-corrected chi connectivity index (χ3v) is 3.99. The highest BCUT2D eigenvalue weighted by atomic mass is 35.5. The quantitative estimate of drug-likeness (QED) is 0.787. The second kappa shape index (κ2) is 5.74. The third kappa shape index (κ3) is 2.53. The first kappa shape index (κ1) is 13.4. The van der Waals surface area contributed by atoms with E-state index >= 15 is 0 Å². The van der Waals surface area contributed by atoms with Crippen molar-refractivity contribution in [1.82, 2.24) is 14.7 Å². The van der Waals surface area contributed by atoms with Crippen molar-refractivity contribution in [3.05, 3.63) is 17.5 Å². The van der Waals surface area contributed by atoms with Crippen LogP contribution in [0.5, 0.6) is 0 Å². The molecule has 1 saturated carbocycles. The van der Waals surface area contributed by atoms with E-state index < -0.39 is 0 Å². The first-order valence-corrected chi connectivity index (χ1v) is 7.04. The largest absolute Gasteiger partial charge is 0.334 e. The molecule has 0 N–H and O–H groups in total. The number of hydrogen-bond donors (Lipinski definition) is 0. The van der Waals surface area contributed by atoms with E-state index in [1.807, 2.05) is 18.9 Å². The number of aryl methyl sites for hydroxylation is 1. The lowest BCUT2D eigenvalue weighted by atomic mass is 10.1. The van der Waals surface area contributed by atoms with Gasteiger partial charge in [-0.15, -0.1) is 11.6 Å². The molecule has 0 saturated heterocycles. The van der Waals surface area contributed by atoms with E-state index in [0.717, 1.165) is 18.5 Å². The summed E-state index contributed by atoms with van der Waals surface area (Å²) in [6, 6.07) is 0.357. The summed E-state index contributed by atoms with van der Waals surface area (Å²) in [4.78, 5) is 14.5. The van der Waals surface area contributed by atoms with Crippen molar-refractivity contribution in [2.75, 3.05) is 12.4 Å². The van der Waals surface area contributed by atoms with Gasteiger partial charge in [-0.2, -0.15) is 5.10 Å². The fourth-order valence-electron chi connectivity index (χ4n) is 2.62. The van der Waals surface area contributed by atoms with Gasteiger partial charge >= 0.3 is 0 Å². The van der Waals surface area contributed by atoms with Crippen LogP contribution in [0, 0.1) is 6.92 Å². The van der Waals surface area contributed by atoms with Gasteiger partial charge < -0.3 is 4.90 Å². The second-order valence-corrected chi connectivity index (χ2v) is 5.27. The number of carbonyl (C=O) groups is 1. The molecular weight excluding hydrogens is 250 g/mol. The maximum atomic E-state index is 12.6. The van der Waals surface area contributed by atoms with Crippen LogP contribution in [0.2, 0.25) is 0 Å². The Labute approximate surface area is 113 Å². The Kier molecular flexibility index (Phi) is 4.27.